The molecule has 0 aliphatic heterocycles. The van der Waals surface area contributed by atoms with Crippen molar-refractivity contribution in [2.45, 2.75) is 13.8 Å². The Morgan fingerprint density at radius 1 is 1.05 bits per heavy atom. The summed E-state index contributed by atoms with van der Waals surface area (Å²) in [7, 11) is 0. The van der Waals surface area contributed by atoms with Crippen molar-refractivity contribution in [1.29, 1.82) is 0 Å². The van der Waals surface area contributed by atoms with Crippen molar-refractivity contribution >= 4 is 10.9 Å². The second-order valence-electron chi connectivity index (χ2n) is 4.76. The first-order valence-corrected chi connectivity index (χ1v) is 6.37. The van der Waals surface area contributed by atoms with Crippen molar-refractivity contribution in [3.63, 3.8) is 0 Å². The van der Waals surface area contributed by atoms with Gasteiger partial charge in [-0.2, -0.15) is 0 Å². The number of nitrogens with zero attached hydrogens (tertiary/aromatic N) is 2. The minimum Gasteiger partial charge on any atom is -0.506 e. The Balaban J connectivity index is 2.45. The summed E-state index contributed by atoms with van der Waals surface area (Å²) < 4.78 is 1.58. The molecular weight excluding hydrogens is 252 g/mol. The maximum absolute atomic E-state index is 12.7. The number of aromatic hydroxyl groups is 1. The summed E-state index contributed by atoms with van der Waals surface area (Å²) in [4.78, 5) is 17.0. The molecule has 0 saturated carbocycles. The third-order valence-corrected chi connectivity index (χ3v) is 3.40. The second kappa shape index (κ2) is 4.49. The minimum atomic E-state index is -0.169. The van der Waals surface area contributed by atoms with Gasteiger partial charge in [-0.05, 0) is 37.6 Å². The number of fused-ring (bicyclic) bond motifs is 1. The molecule has 4 nitrogen and oxygen atoms in total. The first kappa shape index (κ1) is 12.4. The van der Waals surface area contributed by atoms with Crippen LogP contribution >= 0.6 is 0 Å². The third-order valence-electron chi connectivity index (χ3n) is 3.40. The first-order valence-electron chi connectivity index (χ1n) is 6.37. The van der Waals surface area contributed by atoms with Gasteiger partial charge in [-0.3, -0.25) is 9.36 Å². The van der Waals surface area contributed by atoms with E-state index in [0.29, 0.717) is 16.7 Å². The van der Waals surface area contributed by atoms with Crippen molar-refractivity contribution in [2.75, 3.05) is 0 Å². The fourth-order valence-electron chi connectivity index (χ4n) is 2.40. The van der Waals surface area contributed by atoms with Crippen LogP contribution in [0.1, 0.15) is 11.4 Å². The fourth-order valence-corrected chi connectivity index (χ4v) is 2.40. The number of aromatic nitrogens is 2. The highest BCUT2D eigenvalue weighted by Crippen LogP contribution is 2.21. The molecule has 1 heterocycles. The number of rotatable bonds is 1. The Hall–Kier alpha value is -2.62. The highest BCUT2D eigenvalue weighted by molar-refractivity contribution is 5.83. The van der Waals surface area contributed by atoms with E-state index < -0.39 is 0 Å². The lowest BCUT2D eigenvalue weighted by atomic mass is 10.1. The quantitative estimate of drug-likeness (QED) is 0.736. The summed E-state index contributed by atoms with van der Waals surface area (Å²) in [6.07, 6.45) is 0. The molecule has 4 heteroatoms. The lowest BCUT2D eigenvalue weighted by Crippen LogP contribution is -2.22. The Labute approximate surface area is 116 Å². The molecule has 0 aliphatic rings. The van der Waals surface area contributed by atoms with Crippen LogP contribution in [0.2, 0.25) is 0 Å². The van der Waals surface area contributed by atoms with Crippen molar-refractivity contribution in [3.8, 4) is 11.4 Å². The van der Waals surface area contributed by atoms with Gasteiger partial charge in [0, 0.05) is 0 Å². The van der Waals surface area contributed by atoms with E-state index in [9.17, 15) is 9.90 Å². The molecular formula is C16H14N2O2. The van der Waals surface area contributed by atoms with E-state index in [0.717, 1.165) is 11.3 Å². The monoisotopic (exact) mass is 266 g/mol. The zero-order valence-corrected chi connectivity index (χ0v) is 11.3. The predicted molar refractivity (Wildman–Crippen MR) is 78.5 cm³/mol. The SMILES string of the molecule is Cc1ccccc1-n1c(C)nc2c(O)cccc2c1=O. The first-order chi connectivity index (χ1) is 9.59. The molecule has 0 atom stereocenters. The highest BCUT2D eigenvalue weighted by Gasteiger charge is 2.12. The van der Waals surface area contributed by atoms with Gasteiger partial charge in [0.1, 0.15) is 17.1 Å². The molecule has 0 unspecified atom stereocenters. The maximum atomic E-state index is 12.7. The van der Waals surface area contributed by atoms with Gasteiger partial charge < -0.3 is 5.11 Å². The number of hydrogen-bond acceptors (Lipinski definition) is 3. The number of benzene rings is 2. The molecule has 3 rings (SSSR count). The molecule has 1 N–H and O–H groups in total. The predicted octanol–water partition coefficient (Wildman–Crippen LogP) is 2.71. The van der Waals surface area contributed by atoms with E-state index in [-0.39, 0.29) is 11.3 Å². The van der Waals surface area contributed by atoms with Crippen LogP contribution in [0.15, 0.2) is 47.3 Å². The van der Waals surface area contributed by atoms with Gasteiger partial charge >= 0.3 is 0 Å². The van der Waals surface area contributed by atoms with Gasteiger partial charge in [0.25, 0.3) is 5.56 Å². The molecule has 3 aromatic rings. The van der Waals surface area contributed by atoms with Crippen LogP contribution in [-0.2, 0) is 0 Å². The van der Waals surface area contributed by atoms with Crippen LogP contribution in [0.5, 0.6) is 5.75 Å². The molecule has 0 saturated heterocycles. The lowest BCUT2D eigenvalue weighted by Gasteiger charge is -2.13. The largest absolute Gasteiger partial charge is 0.506 e. The van der Waals surface area contributed by atoms with E-state index in [4.69, 9.17) is 0 Å². The zero-order chi connectivity index (χ0) is 14.3. The summed E-state index contributed by atoms with van der Waals surface area (Å²) >= 11 is 0. The van der Waals surface area contributed by atoms with Crippen molar-refractivity contribution in [1.82, 2.24) is 9.55 Å². The van der Waals surface area contributed by atoms with Gasteiger partial charge in [0.05, 0.1) is 11.1 Å². The van der Waals surface area contributed by atoms with E-state index in [1.807, 2.05) is 31.2 Å². The Morgan fingerprint density at radius 3 is 2.55 bits per heavy atom. The van der Waals surface area contributed by atoms with E-state index in [1.54, 1.807) is 23.6 Å². The average Bonchev–Trinajstić information content (AvgIpc) is 2.42. The van der Waals surface area contributed by atoms with Crippen LogP contribution in [0.3, 0.4) is 0 Å². The van der Waals surface area contributed by atoms with Crippen LogP contribution in [-0.4, -0.2) is 14.7 Å². The summed E-state index contributed by atoms with van der Waals surface area (Å²) in [5.41, 5.74) is 1.99. The normalized spacial score (nSPS) is 10.9. The third kappa shape index (κ3) is 1.77. The summed E-state index contributed by atoms with van der Waals surface area (Å²) in [5, 5.41) is 10.2. The number of para-hydroxylation sites is 2. The van der Waals surface area contributed by atoms with Gasteiger partial charge in [0.2, 0.25) is 0 Å². The van der Waals surface area contributed by atoms with Crippen molar-refractivity contribution in [2.24, 2.45) is 0 Å². The van der Waals surface area contributed by atoms with Crippen LogP contribution in [0, 0.1) is 13.8 Å². The van der Waals surface area contributed by atoms with Crippen LogP contribution in [0.25, 0.3) is 16.6 Å². The topological polar surface area (TPSA) is 55.1 Å². The zero-order valence-electron chi connectivity index (χ0n) is 11.3. The number of phenolic OH excluding ortho intramolecular Hbond substituents is 1. The van der Waals surface area contributed by atoms with E-state index >= 15 is 0 Å². The fraction of sp³-hybridized carbons (Fsp3) is 0.125. The van der Waals surface area contributed by atoms with Crippen molar-refractivity contribution in [3.05, 3.63) is 64.2 Å². The Morgan fingerprint density at radius 2 is 1.80 bits per heavy atom. The highest BCUT2D eigenvalue weighted by atomic mass is 16.3. The van der Waals surface area contributed by atoms with Gasteiger partial charge in [-0.15, -0.1) is 0 Å². The molecule has 2 aromatic carbocycles. The molecule has 0 spiro atoms. The molecule has 0 bridgehead atoms. The number of phenols is 1. The van der Waals surface area contributed by atoms with E-state index in [2.05, 4.69) is 4.98 Å². The lowest BCUT2D eigenvalue weighted by molar-refractivity contribution is 0.480. The molecule has 100 valence electrons. The van der Waals surface area contributed by atoms with Crippen LogP contribution in [0.4, 0.5) is 0 Å². The molecule has 0 radical (unpaired) electrons. The van der Waals surface area contributed by atoms with Gasteiger partial charge in [0.15, 0.2) is 0 Å². The summed E-state index contributed by atoms with van der Waals surface area (Å²) in [5.74, 6) is 0.581. The molecule has 0 amide bonds. The standard InChI is InChI=1S/C16H14N2O2/c1-10-6-3-4-8-13(10)18-11(2)17-15-12(16(18)20)7-5-9-14(15)19/h3-9,19H,1-2H3. The second-order valence-corrected chi connectivity index (χ2v) is 4.76. The number of aryl methyl sites for hydroxylation is 2. The molecule has 20 heavy (non-hydrogen) atoms. The van der Waals surface area contributed by atoms with Gasteiger partial charge in [-0.25, -0.2) is 4.98 Å². The van der Waals surface area contributed by atoms with Crippen LogP contribution < -0.4 is 5.56 Å². The maximum Gasteiger partial charge on any atom is 0.266 e. The number of hydrogen-bond donors (Lipinski definition) is 1. The Bertz CT molecular complexity index is 866. The smallest absolute Gasteiger partial charge is 0.266 e. The molecule has 1 aromatic heterocycles. The Kier molecular flexibility index (Phi) is 2.79. The molecule has 0 aliphatic carbocycles. The summed E-state index contributed by atoms with van der Waals surface area (Å²) in [6, 6.07) is 12.5. The van der Waals surface area contributed by atoms with E-state index in [1.165, 1.54) is 6.07 Å². The average molecular weight is 266 g/mol. The molecule has 0 fully saturated rings. The van der Waals surface area contributed by atoms with Gasteiger partial charge in [-0.1, -0.05) is 24.3 Å². The summed E-state index contributed by atoms with van der Waals surface area (Å²) in [6.45, 7) is 3.72. The van der Waals surface area contributed by atoms with Crippen molar-refractivity contribution < 1.29 is 5.11 Å². The minimum absolute atomic E-state index is 0.0274.